The summed E-state index contributed by atoms with van der Waals surface area (Å²) in [6, 6.07) is 3.35. The van der Waals surface area contributed by atoms with E-state index in [1.165, 1.54) is 0 Å². The Morgan fingerprint density at radius 3 is 2.67 bits per heavy atom. The number of rotatable bonds is 2. The zero-order valence-electron chi connectivity index (χ0n) is 10.5. The number of nitrogens with zero attached hydrogens (tertiary/aromatic N) is 1. The zero-order chi connectivity index (χ0) is 13.5. The third-order valence-electron chi connectivity index (χ3n) is 3.37. The molecule has 6 heteroatoms. The van der Waals surface area contributed by atoms with Crippen molar-refractivity contribution < 1.29 is 8.42 Å². The Kier molecular flexibility index (Phi) is 3.71. The Labute approximate surface area is 116 Å². The van der Waals surface area contributed by atoms with Gasteiger partial charge in [0, 0.05) is 23.2 Å². The van der Waals surface area contributed by atoms with Gasteiger partial charge in [-0.3, -0.25) is 0 Å². The molecule has 1 aliphatic heterocycles. The Morgan fingerprint density at radius 2 is 2.11 bits per heavy atom. The summed E-state index contributed by atoms with van der Waals surface area (Å²) in [6.07, 6.45) is 0.918. The van der Waals surface area contributed by atoms with Gasteiger partial charge in [-0.1, -0.05) is 22.9 Å². The fourth-order valence-electron chi connectivity index (χ4n) is 2.19. The highest BCUT2D eigenvalue weighted by Crippen LogP contribution is 2.30. The molecule has 0 bridgehead atoms. The first-order valence-electron chi connectivity index (χ1n) is 5.88. The summed E-state index contributed by atoms with van der Waals surface area (Å²) in [6.45, 7) is 5.00. The lowest BCUT2D eigenvalue weighted by Gasteiger charge is -2.18. The van der Waals surface area contributed by atoms with Crippen molar-refractivity contribution in [3.8, 4) is 0 Å². The van der Waals surface area contributed by atoms with Crippen LogP contribution in [-0.4, -0.2) is 25.8 Å². The molecule has 18 heavy (non-hydrogen) atoms. The molecule has 1 saturated heterocycles. The number of benzene rings is 1. The molecule has 1 atom stereocenters. The molecule has 1 aliphatic rings. The van der Waals surface area contributed by atoms with Crippen molar-refractivity contribution in [1.29, 1.82) is 0 Å². The minimum absolute atomic E-state index is 0.309. The average molecular weight is 333 g/mol. The first-order chi connectivity index (χ1) is 8.32. The van der Waals surface area contributed by atoms with E-state index >= 15 is 0 Å². The first-order valence-corrected chi connectivity index (χ1v) is 8.11. The number of hydrogen-bond acceptors (Lipinski definition) is 3. The van der Waals surface area contributed by atoms with E-state index in [2.05, 4.69) is 22.9 Å². The van der Waals surface area contributed by atoms with Crippen molar-refractivity contribution in [1.82, 2.24) is 4.31 Å². The second-order valence-electron chi connectivity index (χ2n) is 4.88. The maximum Gasteiger partial charge on any atom is 0.243 e. The summed E-state index contributed by atoms with van der Waals surface area (Å²) in [5.74, 6) is 0.421. The van der Waals surface area contributed by atoms with Crippen molar-refractivity contribution in [2.24, 2.45) is 5.92 Å². The third-order valence-corrected chi connectivity index (χ3v) is 5.82. The minimum atomic E-state index is -3.42. The summed E-state index contributed by atoms with van der Waals surface area (Å²) in [7, 11) is -3.42. The van der Waals surface area contributed by atoms with E-state index in [9.17, 15) is 8.42 Å². The van der Waals surface area contributed by atoms with Gasteiger partial charge in [0.1, 0.15) is 0 Å². The standard InChI is InChI=1S/C12H17BrN2O2S/c1-8-3-4-15(7-8)18(16,17)12-6-10(13)5-11(14)9(12)2/h5-6,8H,3-4,7,14H2,1-2H3. The molecule has 1 heterocycles. The maximum atomic E-state index is 12.6. The summed E-state index contributed by atoms with van der Waals surface area (Å²) in [5.41, 5.74) is 6.95. The molecule has 1 aromatic carbocycles. The van der Waals surface area contributed by atoms with E-state index in [0.717, 1.165) is 6.42 Å². The lowest BCUT2D eigenvalue weighted by Crippen LogP contribution is -2.29. The van der Waals surface area contributed by atoms with E-state index in [1.807, 2.05) is 0 Å². The van der Waals surface area contributed by atoms with Gasteiger partial charge in [0.25, 0.3) is 0 Å². The van der Waals surface area contributed by atoms with Gasteiger partial charge >= 0.3 is 0 Å². The number of halogens is 1. The second kappa shape index (κ2) is 4.83. The Balaban J connectivity index is 2.48. The maximum absolute atomic E-state index is 12.6. The predicted octanol–water partition coefficient (Wildman–Crippen LogP) is 2.37. The monoisotopic (exact) mass is 332 g/mol. The Morgan fingerprint density at radius 1 is 1.44 bits per heavy atom. The van der Waals surface area contributed by atoms with Gasteiger partial charge in [0.15, 0.2) is 0 Å². The van der Waals surface area contributed by atoms with Crippen molar-refractivity contribution >= 4 is 31.6 Å². The molecule has 4 nitrogen and oxygen atoms in total. The van der Waals surface area contributed by atoms with Crippen LogP contribution in [-0.2, 0) is 10.0 Å². The van der Waals surface area contributed by atoms with Crippen molar-refractivity contribution in [2.45, 2.75) is 25.2 Å². The second-order valence-corrected chi connectivity index (χ2v) is 7.70. The van der Waals surface area contributed by atoms with E-state index in [0.29, 0.717) is 39.6 Å². The van der Waals surface area contributed by atoms with Gasteiger partial charge in [-0.05, 0) is 37.0 Å². The van der Waals surface area contributed by atoms with E-state index in [1.54, 1.807) is 23.4 Å². The molecule has 2 rings (SSSR count). The van der Waals surface area contributed by atoms with Crippen LogP contribution in [0.2, 0.25) is 0 Å². The van der Waals surface area contributed by atoms with Crippen molar-refractivity contribution in [2.75, 3.05) is 18.8 Å². The highest BCUT2D eigenvalue weighted by Gasteiger charge is 2.32. The van der Waals surface area contributed by atoms with Crippen LogP contribution in [0, 0.1) is 12.8 Å². The van der Waals surface area contributed by atoms with Gasteiger partial charge in [-0.15, -0.1) is 0 Å². The molecule has 0 spiro atoms. The molecule has 1 fully saturated rings. The zero-order valence-corrected chi connectivity index (χ0v) is 12.9. The Bertz CT molecular complexity index is 572. The minimum Gasteiger partial charge on any atom is -0.398 e. The molecule has 0 aliphatic carbocycles. The SMILES string of the molecule is Cc1c(N)cc(Br)cc1S(=O)(=O)N1CCC(C)C1. The fourth-order valence-corrected chi connectivity index (χ4v) is 4.68. The molecule has 100 valence electrons. The molecule has 2 N–H and O–H groups in total. The normalized spacial score (nSPS) is 21.4. The lowest BCUT2D eigenvalue weighted by molar-refractivity contribution is 0.464. The summed E-state index contributed by atoms with van der Waals surface area (Å²) >= 11 is 3.30. The smallest absolute Gasteiger partial charge is 0.243 e. The first kappa shape index (κ1) is 13.8. The molecule has 0 radical (unpaired) electrons. The molecule has 1 aromatic rings. The summed E-state index contributed by atoms with van der Waals surface area (Å²) in [4.78, 5) is 0.309. The van der Waals surface area contributed by atoms with Crippen molar-refractivity contribution in [3.63, 3.8) is 0 Å². The number of nitrogen functional groups attached to an aromatic ring is 1. The van der Waals surface area contributed by atoms with Crippen molar-refractivity contribution in [3.05, 3.63) is 22.2 Å². The summed E-state index contributed by atoms with van der Waals surface area (Å²) in [5, 5.41) is 0. The highest BCUT2D eigenvalue weighted by molar-refractivity contribution is 9.10. The van der Waals surface area contributed by atoms with Gasteiger partial charge in [-0.25, -0.2) is 8.42 Å². The van der Waals surface area contributed by atoms with Crippen LogP contribution in [0.25, 0.3) is 0 Å². The molecule has 0 amide bonds. The molecular weight excluding hydrogens is 316 g/mol. The predicted molar refractivity (Wildman–Crippen MR) is 75.8 cm³/mol. The van der Waals surface area contributed by atoms with Gasteiger partial charge < -0.3 is 5.73 Å². The summed E-state index contributed by atoms with van der Waals surface area (Å²) < 4.78 is 27.3. The Hall–Kier alpha value is -0.590. The molecule has 1 unspecified atom stereocenters. The van der Waals surface area contributed by atoms with E-state index < -0.39 is 10.0 Å². The quantitative estimate of drug-likeness (QED) is 0.845. The highest BCUT2D eigenvalue weighted by atomic mass is 79.9. The van der Waals surface area contributed by atoms with Crippen LogP contribution >= 0.6 is 15.9 Å². The van der Waals surface area contributed by atoms with E-state index in [4.69, 9.17) is 5.73 Å². The topological polar surface area (TPSA) is 63.4 Å². The number of sulfonamides is 1. The fraction of sp³-hybridized carbons (Fsp3) is 0.500. The van der Waals surface area contributed by atoms with Crippen LogP contribution in [0.1, 0.15) is 18.9 Å². The third kappa shape index (κ3) is 2.41. The number of anilines is 1. The van der Waals surface area contributed by atoms with Gasteiger partial charge in [0.2, 0.25) is 10.0 Å². The van der Waals surface area contributed by atoms with Gasteiger partial charge in [0.05, 0.1) is 4.90 Å². The molecule has 0 aromatic heterocycles. The number of nitrogens with two attached hydrogens (primary N) is 1. The van der Waals surface area contributed by atoms with Crippen LogP contribution in [0.5, 0.6) is 0 Å². The van der Waals surface area contributed by atoms with E-state index in [-0.39, 0.29) is 0 Å². The van der Waals surface area contributed by atoms with Gasteiger partial charge in [-0.2, -0.15) is 4.31 Å². The molecule has 0 saturated carbocycles. The average Bonchev–Trinajstić information content (AvgIpc) is 2.70. The van der Waals surface area contributed by atoms with Crippen LogP contribution in [0.15, 0.2) is 21.5 Å². The van der Waals surface area contributed by atoms with Crippen LogP contribution in [0.3, 0.4) is 0 Å². The van der Waals surface area contributed by atoms with Crippen LogP contribution in [0.4, 0.5) is 5.69 Å². The molecular formula is C12H17BrN2O2S. The van der Waals surface area contributed by atoms with Crippen LogP contribution < -0.4 is 5.73 Å². The largest absolute Gasteiger partial charge is 0.398 e. The number of hydrogen-bond donors (Lipinski definition) is 1. The lowest BCUT2D eigenvalue weighted by atomic mass is 10.2.